The lowest BCUT2D eigenvalue weighted by Crippen LogP contribution is -2.44. The molecule has 1 fully saturated rings. The van der Waals surface area contributed by atoms with Crippen LogP contribution in [0.3, 0.4) is 0 Å². The van der Waals surface area contributed by atoms with E-state index in [9.17, 15) is 0 Å². The van der Waals surface area contributed by atoms with E-state index in [2.05, 4.69) is 79.1 Å². The van der Waals surface area contributed by atoms with Gasteiger partial charge in [0.15, 0.2) is 0 Å². The van der Waals surface area contributed by atoms with E-state index in [0.717, 1.165) is 53.2 Å². The van der Waals surface area contributed by atoms with Crippen molar-refractivity contribution in [2.75, 3.05) is 38.1 Å². The molecular formula is C21H21BrN4. The largest absolute Gasteiger partial charge is 0.369 e. The summed E-state index contributed by atoms with van der Waals surface area (Å²) in [7, 11) is 2.18. The van der Waals surface area contributed by atoms with Crippen LogP contribution in [0, 0.1) is 0 Å². The number of hydrogen-bond acceptors (Lipinski definition) is 4. The second kappa shape index (κ2) is 7.56. The Hall–Kier alpha value is -2.24. The summed E-state index contributed by atoms with van der Waals surface area (Å²) in [6, 6.07) is 18.9. The Morgan fingerprint density at radius 3 is 1.88 bits per heavy atom. The molecule has 1 aliphatic rings. The zero-order valence-electron chi connectivity index (χ0n) is 14.8. The topological polar surface area (TPSA) is 32.3 Å². The number of likely N-dealkylation sites (N-methyl/N-ethyl adjacent to an activating group) is 1. The second-order valence-corrected chi connectivity index (χ2v) is 7.55. The highest BCUT2D eigenvalue weighted by Gasteiger charge is 2.14. The smallest absolute Gasteiger partial charge is 0.116 e. The van der Waals surface area contributed by atoms with Crippen LogP contribution < -0.4 is 4.90 Å². The van der Waals surface area contributed by atoms with Crippen LogP contribution >= 0.6 is 15.9 Å². The van der Waals surface area contributed by atoms with E-state index >= 15 is 0 Å². The van der Waals surface area contributed by atoms with Crippen LogP contribution in [0.5, 0.6) is 0 Å². The molecule has 3 aromatic rings. The fourth-order valence-corrected chi connectivity index (χ4v) is 3.47. The SMILES string of the molecule is CN1CCN(c2ccc(-c3cc(-c4ccc(Br)cc4)ncn3)cc2)CC1. The fraction of sp³-hybridized carbons (Fsp3) is 0.238. The predicted octanol–water partition coefficient (Wildman–Crippen LogP) is 4.32. The molecule has 1 saturated heterocycles. The highest BCUT2D eigenvalue weighted by Crippen LogP contribution is 2.26. The second-order valence-electron chi connectivity index (χ2n) is 6.63. The standard InChI is InChI=1S/C21H21BrN4/c1-25-10-12-26(13-11-25)19-8-4-17(5-9-19)21-14-20(23-15-24-21)16-2-6-18(22)7-3-16/h2-9,14-15H,10-13H2,1H3. The van der Waals surface area contributed by atoms with E-state index in [-0.39, 0.29) is 0 Å². The van der Waals surface area contributed by atoms with Crippen LogP contribution in [0.4, 0.5) is 5.69 Å². The first-order valence-corrected chi connectivity index (χ1v) is 9.60. The molecule has 1 aromatic heterocycles. The van der Waals surface area contributed by atoms with Crippen molar-refractivity contribution in [3.05, 3.63) is 65.4 Å². The Morgan fingerprint density at radius 2 is 1.31 bits per heavy atom. The van der Waals surface area contributed by atoms with Gasteiger partial charge in [0.1, 0.15) is 6.33 Å². The summed E-state index contributed by atoms with van der Waals surface area (Å²) < 4.78 is 1.06. The molecule has 0 spiro atoms. The van der Waals surface area contributed by atoms with Crippen LogP contribution in [0.25, 0.3) is 22.5 Å². The number of anilines is 1. The maximum absolute atomic E-state index is 4.46. The number of piperazine rings is 1. The third-order valence-electron chi connectivity index (χ3n) is 4.84. The average Bonchev–Trinajstić information content (AvgIpc) is 2.69. The summed E-state index contributed by atoms with van der Waals surface area (Å²) in [4.78, 5) is 13.7. The zero-order valence-corrected chi connectivity index (χ0v) is 16.4. The summed E-state index contributed by atoms with van der Waals surface area (Å²) in [5.41, 5.74) is 5.37. The first kappa shape index (κ1) is 17.2. The molecule has 0 atom stereocenters. The number of nitrogens with zero attached hydrogens (tertiary/aromatic N) is 4. The minimum atomic E-state index is 0.936. The van der Waals surface area contributed by atoms with Crippen molar-refractivity contribution >= 4 is 21.6 Å². The van der Waals surface area contributed by atoms with E-state index in [4.69, 9.17) is 0 Å². The zero-order chi connectivity index (χ0) is 17.9. The Bertz CT molecular complexity index is 869. The van der Waals surface area contributed by atoms with Crippen molar-refractivity contribution in [2.45, 2.75) is 0 Å². The van der Waals surface area contributed by atoms with E-state index in [0.29, 0.717) is 0 Å². The molecule has 0 bridgehead atoms. The van der Waals surface area contributed by atoms with Crippen molar-refractivity contribution in [2.24, 2.45) is 0 Å². The lowest BCUT2D eigenvalue weighted by Gasteiger charge is -2.34. The molecular weight excluding hydrogens is 388 g/mol. The van der Waals surface area contributed by atoms with Gasteiger partial charge in [-0.2, -0.15) is 0 Å². The van der Waals surface area contributed by atoms with Crippen molar-refractivity contribution in [3.8, 4) is 22.5 Å². The van der Waals surface area contributed by atoms with Crippen LogP contribution in [-0.4, -0.2) is 48.1 Å². The Morgan fingerprint density at radius 1 is 0.769 bits per heavy atom. The van der Waals surface area contributed by atoms with Gasteiger partial charge in [-0.1, -0.05) is 40.2 Å². The third kappa shape index (κ3) is 3.79. The molecule has 0 saturated carbocycles. The van der Waals surface area contributed by atoms with Gasteiger partial charge in [-0.15, -0.1) is 0 Å². The maximum Gasteiger partial charge on any atom is 0.116 e. The summed E-state index contributed by atoms with van der Waals surface area (Å²) in [5.74, 6) is 0. The van der Waals surface area contributed by atoms with Gasteiger partial charge < -0.3 is 9.80 Å². The van der Waals surface area contributed by atoms with Crippen LogP contribution in [0.2, 0.25) is 0 Å². The highest BCUT2D eigenvalue weighted by atomic mass is 79.9. The van der Waals surface area contributed by atoms with E-state index in [1.807, 2.05) is 18.2 Å². The lowest BCUT2D eigenvalue weighted by molar-refractivity contribution is 0.313. The minimum Gasteiger partial charge on any atom is -0.369 e. The van der Waals surface area contributed by atoms with Gasteiger partial charge in [0.2, 0.25) is 0 Å². The Balaban J connectivity index is 1.56. The summed E-state index contributed by atoms with van der Waals surface area (Å²) >= 11 is 3.47. The molecule has 26 heavy (non-hydrogen) atoms. The van der Waals surface area contributed by atoms with Crippen molar-refractivity contribution in [3.63, 3.8) is 0 Å². The Kier molecular flexibility index (Phi) is 5.00. The number of benzene rings is 2. The molecule has 0 N–H and O–H groups in total. The molecule has 0 unspecified atom stereocenters. The average molecular weight is 409 g/mol. The van der Waals surface area contributed by atoms with Gasteiger partial charge in [0, 0.05) is 47.5 Å². The van der Waals surface area contributed by atoms with Gasteiger partial charge in [0.05, 0.1) is 11.4 Å². The summed E-state index contributed by atoms with van der Waals surface area (Å²) in [6.45, 7) is 4.39. The molecule has 2 heterocycles. The molecule has 1 aliphatic heterocycles. The summed E-state index contributed by atoms with van der Waals surface area (Å²) in [6.07, 6.45) is 1.64. The van der Waals surface area contributed by atoms with Gasteiger partial charge in [-0.25, -0.2) is 9.97 Å². The minimum absolute atomic E-state index is 0.936. The normalized spacial score (nSPS) is 15.2. The maximum atomic E-state index is 4.46. The van der Waals surface area contributed by atoms with Gasteiger partial charge >= 0.3 is 0 Å². The Labute approximate surface area is 162 Å². The number of rotatable bonds is 3. The van der Waals surface area contributed by atoms with E-state index in [1.54, 1.807) is 6.33 Å². The quantitative estimate of drug-likeness (QED) is 0.645. The third-order valence-corrected chi connectivity index (χ3v) is 5.37. The van der Waals surface area contributed by atoms with E-state index < -0.39 is 0 Å². The molecule has 0 amide bonds. The van der Waals surface area contributed by atoms with Crippen molar-refractivity contribution in [1.82, 2.24) is 14.9 Å². The van der Waals surface area contributed by atoms with Gasteiger partial charge in [-0.3, -0.25) is 0 Å². The molecule has 2 aromatic carbocycles. The molecule has 132 valence electrons. The molecule has 4 nitrogen and oxygen atoms in total. The molecule has 0 radical (unpaired) electrons. The molecule has 5 heteroatoms. The van der Waals surface area contributed by atoms with Crippen LogP contribution in [-0.2, 0) is 0 Å². The highest BCUT2D eigenvalue weighted by molar-refractivity contribution is 9.10. The van der Waals surface area contributed by atoms with Crippen LogP contribution in [0.1, 0.15) is 0 Å². The van der Waals surface area contributed by atoms with E-state index in [1.165, 1.54) is 5.69 Å². The number of hydrogen-bond donors (Lipinski definition) is 0. The monoisotopic (exact) mass is 408 g/mol. The van der Waals surface area contributed by atoms with Crippen LogP contribution in [0.15, 0.2) is 65.4 Å². The van der Waals surface area contributed by atoms with Crippen molar-refractivity contribution < 1.29 is 0 Å². The molecule has 0 aliphatic carbocycles. The van der Waals surface area contributed by atoms with Crippen molar-refractivity contribution in [1.29, 1.82) is 0 Å². The first-order valence-electron chi connectivity index (χ1n) is 8.81. The molecule has 4 rings (SSSR count). The lowest BCUT2D eigenvalue weighted by atomic mass is 10.1. The number of aromatic nitrogens is 2. The van der Waals surface area contributed by atoms with Gasteiger partial charge in [-0.05, 0) is 37.4 Å². The fourth-order valence-electron chi connectivity index (χ4n) is 3.20. The predicted molar refractivity (Wildman–Crippen MR) is 110 cm³/mol. The first-order chi connectivity index (χ1) is 12.7. The number of halogens is 1. The van der Waals surface area contributed by atoms with Gasteiger partial charge in [0.25, 0.3) is 0 Å². The summed E-state index contributed by atoms with van der Waals surface area (Å²) in [5, 5.41) is 0.